The van der Waals surface area contributed by atoms with Crippen molar-refractivity contribution in [3.8, 4) is 50.2 Å². The van der Waals surface area contributed by atoms with Crippen LogP contribution in [0.2, 0.25) is 0 Å². The van der Waals surface area contributed by atoms with E-state index in [9.17, 15) is 0 Å². The molecule has 3 heteroatoms. The van der Waals surface area contributed by atoms with Crippen molar-refractivity contribution in [2.45, 2.75) is 0 Å². The Kier molecular flexibility index (Phi) is 9.06. The molecule has 0 N–H and O–H groups in total. The summed E-state index contributed by atoms with van der Waals surface area (Å²) in [6.45, 7) is 0. The summed E-state index contributed by atoms with van der Waals surface area (Å²) in [5.41, 5.74) is 16.4. The van der Waals surface area contributed by atoms with Gasteiger partial charge in [-0.15, -0.1) is 11.3 Å². The molecule has 0 amide bonds. The molecule has 296 valence electrons. The fourth-order valence-electron chi connectivity index (χ4n) is 9.37. The van der Waals surface area contributed by atoms with Crippen LogP contribution in [0.25, 0.3) is 92.2 Å². The molecule has 0 aliphatic carbocycles. The van der Waals surface area contributed by atoms with Crippen molar-refractivity contribution in [2.24, 2.45) is 0 Å². The number of hydrogen-bond donors (Lipinski definition) is 0. The first-order chi connectivity index (χ1) is 31.2. The lowest BCUT2D eigenvalue weighted by molar-refractivity contribution is 1.19. The minimum absolute atomic E-state index is 1.09. The summed E-state index contributed by atoms with van der Waals surface area (Å²) in [5.74, 6) is 0. The van der Waals surface area contributed by atoms with Gasteiger partial charge >= 0.3 is 0 Å². The minimum Gasteiger partial charge on any atom is -0.310 e. The van der Waals surface area contributed by atoms with Gasteiger partial charge in [-0.25, -0.2) is 0 Å². The standard InChI is InChI=1S/C60H40N2S/c1-3-13-41(14-4-1)43-25-27-44(28-26-43)46-31-35-49(36-32-46)61(48-33-29-45(30-34-48)42-15-5-2-6-16-42)50-18-11-17-47(39-50)52-21-12-23-57-60(52)55-20-7-9-22-56(55)62(57)51-37-38-54-53-19-8-10-24-58(53)63-59(54)40-51/h1-40H. The molecule has 12 rings (SSSR count). The van der Waals surface area contributed by atoms with Gasteiger partial charge in [-0.3, -0.25) is 0 Å². The van der Waals surface area contributed by atoms with Crippen LogP contribution in [0.15, 0.2) is 243 Å². The number of rotatable bonds is 8. The molecule has 2 aromatic heterocycles. The lowest BCUT2D eigenvalue weighted by Crippen LogP contribution is -2.10. The molecule has 2 nitrogen and oxygen atoms in total. The van der Waals surface area contributed by atoms with Crippen molar-refractivity contribution in [2.75, 3.05) is 4.90 Å². The SMILES string of the molecule is c1ccc(-c2ccc(-c3ccc(N(c4ccc(-c5ccccc5)cc4)c4cccc(-c5cccc6c5c5ccccc5n6-c5ccc6c(c5)sc5ccccc56)c4)cc3)cc2)cc1. The van der Waals surface area contributed by atoms with Crippen LogP contribution >= 0.6 is 11.3 Å². The Balaban J connectivity index is 0.964. The van der Waals surface area contributed by atoms with Gasteiger partial charge in [0.2, 0.25) is 0 Å². The van der Waals surface area contributed by atoms with Gasteiger partial charge in [0.1, 0.15) is 0 Å². The molecule has 2 heterocycles. The molecule has 0 unspecified atom stereocenters. The van der Waals surface area contributed by atoms with Gasteiger partial charge in [0.25, 0.3) is 0 Å². The Morgan fingerprint density at radius 3 is 1.44 bits per heavy atom. The van der Waals surface area contributed by atoms with E-state index in [1.807, 2.05) is 11.3 Å². The highest BCUT2D eigenvalue weighted by molar-refractivity contribution is 7.25. The Bertz CT molecular complexity index is 3580. The van der Waals surface area contributed by atoms with E-state index in [1.165, 1.54) is 92.2 Å². The monoisotopic (exact) mass is 820 g/mol. The second kappa shape index (κ2) is 15.5. The van der Waals surface area contributed by atoms with Crippen LogP contribution in [-0.4, -0.2) is 4.57 Å². The van der Waals surface area contributed by atoms with Crippen LogP contribution in [0.4, 0.5) is 17.1 Å². The van der Waals surface area contributed by atoms with Crippen LogP contribution in [-0.2, 0) is 0 Å². The number of aromatic nitrogens is 1. The topological polar surface area (TPSA) is 8.17 Å². The summed E-state index contributed by atoms with van der Waals surface area (Å²) in [6.07, 6.45) is 0. The van der Waals surface area contributed by atoms with Gasteiger partial charge in [0, 0.05) is 53.7 Å². The summed E-state index contributed by atoms with van der Waals surface area (Å²) in [7, 11) is 0. The molecule has 0 atom stereocenters. The molecular weight excluding hydrogens is 781 g/mol. The van der Waals surface area contributed by atoms with Gasteiger partial charge in [-0.2, -0.15) is 0 Å². The molecule has 0 aliphatic rings. The second-order valence-electron chi connectivity index (χ2n) is 16.1. The number of hydrogen-bond acceptors (Lipinski definition) is 2. The first-order valence-electron chi connectivity index (χ1n) is 21.5. The molecule has 0 bridgehead atoms. The van der Waals surface area contributed by atoms with Crippen LogP contribution in [0.3, 0.4) is 0 Å². The number of benzene rings is 10. The summed E-state index contributed by atoms with van der Waals surface area (Å²) in [4.78, 5) is 2.38. The van der Waals surface area contributed by atoms with Crippen molar-refractivity contribution >= 4 is 70.4 Å². The first kappa shape index (κ1) is 36.8. The Morgan fingerprint density at radius 2 is 0.794 bits per heavy atom. The highest BCUT2D eigenvalue weighted by Gasteiger charge is 2.19. The Morgan fingerprint density at radius 1 is 0.302 bits per heavy atom. The molecule has 0 spiro atoms. The van der Waals surface area contributed by atoms with Crippen LogP contribution in [0, 0.1) is 0 Å². The first-order valence-corrected chi connectivity index (χ1v) is 22.3. The van der Waals surface area contributed by atoms with E-state index in [2.05, 4.69) is 252 Å². The average Bonchev–Trinajstić information content (AvgIpc) is 3.91. The van der Waals surface area contributed by atoms with E-state index >= 15 is 0 Å². The van der Waals surface area contributed by atoms with E-state index < -0.39 is 0 Å². The van der Waals surface area contributed by atoms with Crippen molar-refractivity contribution in [3.63, 3.8) is 0 Å². The smallest absolute Gasteiger partial charge is 0.0547 e. The lowest BCUT2D eigenvalue weighted by Gasteiger charge is -2.26. The number of para-hydroxylation sites is 1. The average molecular weight is 821 g/mol. The molecular formula is C60H40N2S. The number of thiophene rings is 1. The van der Waals surface area contributed by atoms with Gasteiger partial charge in [-0.05, 0) is 111 Å². The van der Waals surface area contributed by atoms with Gasteiger partial charge in [0.15, 0.2) is 0 Å². The molecule has 10 aromatic carbocycles. The van der Waals surface area contributed by atoms with Crippen LogP contribution < -0.4 is 4.90 Å². The highest BCUT2D eigenvalue weighted by atomic mass is 32.1. The zero-order valence-corrected chi connectivity index (χ0v) is 35.2. The third-order valence-corrected chi connectivity index (χ3v) is 13.6. The summed E-state index contributed by atoms with van der Waals surface area (Å²) >= 11 is 1.87. The normalized spacial score (nSPS) is 11.5. The molecule has 63 heavy (non-hydrogen) atoms. The molecule has 0 fully saturated rings. The maximum atomic E-state index is 2.44. The third-order valence-electron chi connectivity index (χ3n) is 12.4. The molecule has 0 radical (unpaired) electrons. The van der Waals surface area contributed by atoms with Crippen molar-refractivity contribution in [1.29, 1.82) is 0 Å². The van der Waals surface area contributed by atoms with Gasteiger partial charge < -0.3 is 9.47 Å². The molecule has 0 aliphatic heterocycles. The van der Waals surface area contributed by atoms with E-state index in [0.29, 0.717) is 0 Å². The largest absolute Gasteiger partial charge is 0.310 e. The number of nitrogens with zero attached hydrogens (tertiary/aromatic N) is 2. The number of anilines is 3. The van der Waals surface area contributed by atoms with Gasteiger partial charge in [0.05, 0.1) is 11.0 Å². The molecule has 0 saturated heterocycles. The van der Waals surface area contributed by atoms with Gasteiger partial charge in [-0.1, -0.05) is 176 Å². The maximum absolute atomic E-state index is 2.44. The van der Waals surface area contributed by atoms with Crippen molar-refractivity contribution in [3.05, 3.63) is 243 Å². The number of fused-ring (bicyclic) bond motifs is 6. The predicted octanol–water partition coefficient (Wildman–Crippen LogP) is 17.3. The lowest BCUT2D eigenvalue weighted by atomic mass is 9.98. The maximum Gasteiger partial charge on any atom is 0.0547 e. The Hall–Kier alpha value is -7.98. The zero-order valence-electron chi connectivity index (χ0n) is 34.4. The van der Waals surface area contributed by atoms with Crippen molar-refractivity contribution in [1.82, 2.24) is 4.57 Å². The Labute approximate surface area is 370 Å². The second-order valence-corrected chi connectivity index (χ2v) is 17.2. The van der Waals surface area contributed by atoms with E-state index in [-0.39, 0.29) is 0 Å². The van der Waals surface area contributed by atoms with E-state index in [1.54, 1.807) is 0 Å². The van der Waals surface area contributed by atoms with Crippen LogP contribution in [0.1, 0.15) is 0 Å². The fraction of sp³-hybridized carbons (Fsp3) is 0. The van der Waals surface area contributed by atoms with Crippen LogP contribution in [0.5, 0.6) is 0 Å². The fourth-order valence-corrected chi connectivity index (χ4v) is 10.5. The highest BCUT2D eigenvalue weighted by Crippen LogP contribution is 2.43. The van der Waals surface area contributed by atoms with E-state index in [0.717, 1.165) is 17.1 Å². The quantitative estimate of drug-likeness (QED) is 0.148. The van der Waals surface area contributed by atoms with Crippen molar-refractivity contribution < 1.29 is 0 Å². The molecule has 0 saturated carbocycles. The summed E-state index contributed by atoms with van der Waals surface area (Å²) < 4.78 is 5.06. The minimum atomic E-state index is 1.09. The third kappa shape index (κ3) is 6.58. The summed E-state index contributed by atoms with van der Waals surface area (Å²) in [6, 6.07) is 88.3. The summed E-state index contributed by atoms with van der Waals surface area (Å²) in [5, 5.41) is 5.12. The van der Waals surface area contributed by atoms with E-state index in [4.69, 9.17) is 0 Å². The predicted molar refractivity (Wildman–Crippen MR) is 270 cm³/mol. The zero-order chi connectivity index (χ0) is 41.7. The molecule has 12 aromatic rings.